The average Bonchev–Trinajstić information content (AvgIpc) is 2.93. The van der Waals surface area contributed by atoms with Gasteiger partial charge < -0.3 is 19.8 Å². The smallest absolute Gasteiger partial charge is 0.225 e. The first-order valence-corrected chi connectivity index (χ1v) is 9.80. The van der Waals surface area contributed by atoms with Crippen LogP contribution in [0.5, 0.6) is 0 Å². The molecular weight excluding hydrogens is 330 g/mol. The zero-order chi connectivity index (χ0) is 18.5. The van der Waals surface area contributed by atoms with E-state index in [0.717, 1.165) is 70.2 Å². The van der Waals surface area contributed by atoms with Crippen molar-refractivity contribution < 1.29 is 9.90 Å². The van der Waals surface area contributed by atoms with Crippen molar-refractivity contribution in [2.45, 2.75) is 33.1 Å². The molecule has 1 atom stereocenters. The summed E-state index contributed by atoms with van der Waals surface area (Å²) in [7, 11) is 0. The van der Waals surface area contributed by atoms with Gasteiger partial charge in [0.05, 0.1) is 0 Å². The number of anilines is 2. The Balaban J connectivity index is 1.67. The van der Waals surface area contributed by atoms with Gasteiger partial charge in [0.15, 0.2) is 0 Å². The zero-order valence-corrected chi connectivity index (χ0v) is 16.0. The van der Waals surface area contributed by atoms with Gasteiger partial charge in [0, 0.05) is 57.9 Å². The van der Waals surface area contributed by atoms with Gasteiger partial charge in [-0.25, -0.2) is 9.97 Å². The molecule has 1 aromatic heterocycles. The number of aromatic nitrogens is 2. The van der Waals surface area contributed by atoms with Crippen LogP contribution in [-0.4, -0.2) is 71.8 Å². The molecule has 1 aromatic rings. The minimum atomic E-state index is 0.0470. The van der Waals surface area contributed by atoms with Gasteiger partial charge in [-0.1, -0.05) is 13.8 Å². The molecule has 0 bridgehead atoms. The van der Waals surface area contributed by atoms with Crippen molar-refractivity contribution in [2.24, 2.45) is 11.8 Å². The molecule has 144 valence electrons. The van der Waals surface area contributed by atoms with Crippen molar-refractivity contribution in [3.05, 3.63) is 12.4 Å². The minimum Gasteiger partial charge on any atom is -0.396 e. The largest absolute Gasteiger partial charge is 0.396 e. The molecule has 2 aliphatic heterocycles. The van der Waals surface area contributed by atoms with Crippen LogP contribution in [0, 0.1) is 11.8 Å². The monoisotopic (exact) mass is 361 g/mol. The summed E-state index contributed by atoms with van der Waals surface area (Å²) in [6.45, 7) is 9.24. The highest BCUT2D eigenvalue weighted by Gasteiger charge is 2.24. The third-order valence-electron chi connectivity index (χ3n) is 5.36. The Morgan fingerprint density at radius 2 is 1.85 bits per heavy atom. The molecule has 1 amide bonds. The summed E-state index contributed by atoms with van der Waals surface area (Å²) in [5, 5.41) is 9.45. The minimum absolute atomic E-state index is 0.0470. The van der Waals surface area contributed by atoms with Crippen molar-refractivity contribution in [2.75, 3.05) is 55.7 Å². The summed E-state index contributed by atoms with van der Waals surface area (Å²) in [5.74, 6) is 2.48. The predicted octanol–water partition coefficient (Wildman–Crippen LogP) is 1.38. The number of hydrogen-bond acceptors (Lipinski definition) is 6. The number of aliphatic hydroxyl groups excluding tert-OH is 1. The lowest BCUT2D eigenvalue weighted by Crippen LogP contribution is -2.38. The molecule has 0 saturated carbocycles. The Kier molecular flexibility index (Phi) is 6.29. The molecule has 26 heavy (non-hydrogen) atoms. The maximum Gasteiger partial charge on any atom is 0.225 e. The second kappa shape index (κ2) is 8.66. The van der Waals surface area contributed by atoms with Gasteiger partial charge in [0.2, 0.25) is 5.91 Å². The Labute approximate surface area is 156 Å². The highest BCUT2D eigenvalue weighted by molar-refractivity contribution is 5.78. The van der Waals surface area contributed by atoms with Crippen LogP contribution in [0.2, 0.25) is 0 Å². The maximum atomic E-state index is 12.3. The Morgan fingerprint density at radius 1 is 1.12 bits per heavy atom. The number of piperidine rings is 1. The third-order valence-corrected chi connectivity index (χ3v) is 5.36. The van der Waals surface area contributed by atoms with Crippen LogP contribution in [0.4, 0.5) is 11.6 Å². The Morgan fingerprint density at radius 3 is 2.58 bits per heavy atom. The van der Waals surface area contributed by atoms with Crippen LogP contribution >= 0.6 is 0 Å². The standard InChI is InChI=1S/C19H31N5O2/c1-15(2)19(26)23-8-4-7-22(9-10-23)17-11-18(21-14-20-17)24-6-3-5-16(12-24)13-25/h11,14-16,25H,3-10,12-13H2,1-2H3. The van der Waals surface area contributed by atoms with E-state index in [9.17, 15) is 9.90 Å². The highest BCUT2D eigenvalue weighted by Crippen LogP contribution is 2.24. The fraction of sp³-hybridized carbons (Fsp3) is 0.737. The summed E-state index contributed by atoms with van der Waals surface area (Å²) in [4.78, 5) is 27.7. The summed E-state index contributed by atoms with van der Waals surface area (Å²) in [5.41, 5.74) is 0. The van der Waals surface area contributed by atoms with Gasteiger partial charge in [0.1, 0.15) is 18.0 Å². The van der Waals surface area contributed by atoms with Crippen LogP contribution in [0.25, 0.3) is 0 Å². The van der Waals surface area contributed by atoms with E-state index in [1.807, 2.05) is 18.7 Å². The third kappa shape index (κ3) is 4.44. The lowest BCUT2D eigenvalue weighted by Gasteiger charge is -2.33. The number of rotatable bonds is 4. The van der Waals surface area contributed by atoms with E-state index >= 15 is 0 Å². The van der Waals surface area contributed by atoms with E-state index in [1.54, 1.807) is 6.33 Å². The van der Waals surface area contributed by atoms with Crippen molar-refractivity contribution in [1.29, 1.82) is 0 Å². The van der Waals surface area contributed by atoms with Gasteiger partial charge in [-0.2, -0.15) is 0 Å². The van der Waals surface area contributed by atoms with Crippen LogP contribution in [0.1, 0.15) is 33.1 Å². The van der Waals surface area contributed by atoms with Crippen LogP contribution in [0.3, 0.4) is 0 Å². The number of carbonyl (C=O) groups is 1. The van der Waals surface area contributed by atoms with E-state index in [-0.39, 0.29) is 18.4 Å². The first-order chi connectivity index (χ1) is 12.6. The molecule has 0 aliphatic carbocycles. The van der Waals surface area contributed by atoms with Crippen molar-refractivity contribution >= 4 is 17.5 Å². The van der Waals surface area contributed by atoms with E-state index in [0.29, 0.717) is 5.92 Å². The molecule has 1 unspecified atom stereocenters. The molecular formula is C19H31N5O2. The summed E-state index contributed by atoms with van der Waals surface area (Å²) in [6.07, 6.45) is 4.75. The Hall–Kier alpha value is -1.89. The summed E-state index contributed by atoms with van der Waals surface area (Å²) in [6, 6.07) is 2.06. The van der Waals surface area contributed by atoms with Crippen molar-refractivity contribution in [1.82, 2.24) is 14.9 Å². The SMILES string of the molecule is CC(C)C(=O)N1CCCN(c2cc(N3CCCC(CO)C3)ncn2)CC1. The molecule has 2 saturated heterocycles. The number of carbonyl (C=O) groups excluding carboxylic acids is 1. The second-order valence-electron chi connectivity index (χ2n) is 7.69. The zero-order valence-electron chi connectivity index (χ0n) is 16.0. The van der Waals surface area contributed by atoms with Crippen molar-refractivity contribution in [3.8, 4) is 0 Å². The number of hydrogen-bond donors (Lipinski definition) is 1. The van der Waals surface area contributed by atoms with E-state index in [4.69, 9.17) is 0 Å². The quantitative estimate of drug-likeness (QED) is 0.873. The first-order valence-electron chi connectivity index (χ1n) is 9.80. The highest BCUT2D eigenvalue weighted by atomic mass is 16.3. The lowest BCUT2D eigenvalue weighted by atomic mass is 9.99. The molecule has 0 aromatic carbocycles. The molecule has 0 radical (unpaired) electrons. The van der Waals surface area contributed by atoms with Gasteiger partial charge in [-0.3, -0.25) is 4.79 Å². The predicted molar refractivity (Wildman–Crippen MR) is 102 cm³/mol. The number of nitrogens with zero attached hydrogens (tertiary/aromatic N) is 5. The summed E-state index contributed by atoms with van der Waals surface area (Å²) < 4.78 is 0. The van der Waals surface area contributed by atoms with Gasteiger partial charge >= 0.3 is 0 Å². The number of aliphatic hydroxyl groups is 1. The van der Waals surface area contributed by atoms with Gasteiger partial charge in [0.25, 0.3) is 0 Å². The van der Waals surface area contributed by atoms with Gasteiger partial charge in [-0.15, -0.1) is 0 Å². The normalized spacial score (nSPS) is 21.8. The molecule has 2 fully saturated rings. The molecule has 1 N–H and O–H groups in total. The fourth-order valence-electron chi connectivity index (χ4n) is 3.84. The maximum absolute atomic E-state index is 12.3. The molecule has 7 heteroatoms. The average molecular weight is 361 g/mol. The molecule has 3 heterocycles. The topological polar surface area (TPSA) is 72.8 Å². The fourth-order valence-corrected chi connectivity index (χ4v) is 3.84. The van der Waals surface area contributed by atoms with Crippen molar-refractivity contribution in [3.63, 3.8) is 0 Å². The number of amides is 1. The molecule has 3 rings (SSSR count). The lowest BCUT2D eigenvalue weighted by molar-refractivity contribution is -0.134. The van der Waals surface area contributed by atoms with E-state index < -0.39 is 0 Å². The van der Waals surface area contributed by atoms with E-state index in [1.165, 1.54) is 0 Å². The molecule has 0 spiro atoms. The van der Waals surface area contributed by atoms with Crippen LogP contribution in [0.15, 0.2) is 12.4 Å². The Bertz CT molecular complexity index is 609. The summed E-state index contributed by atoms with van der Waals surface area (Å²) >= 11 is 0. The molecule has 7 nitrogen and oxygen atoms in total. The molecule has 2 aliphatic rings. The first kappa shape index (κ1) is 18.9. The second-order valence-corrected chi connectivity index (χ2v) is 7.69. The van der Waals surface area contributed by atoms with Gasteiger partial charge in [-0.05, 0) is 25.2 Å². The van der Waals surface area contributed by atoms with E-state index in [2.05, 4.69) is 25.8 Å². The van der Waals surface area contributed by atoms with Crippen LogP contribution < -0.4 is 9.80 Å². The van der Waals surface area contributed by atoms with Crippen LogP contribution in [-0.2, 0) is 4.79 Å².